The molecular weight excluding hydrogens is 643 g/mol. The predicted octanol–water partition coefficient (Wildman–Crippen LogP) is 12.8. The molecule has 4 nitrogen and oxygen atoms in total. The summed E-state index contributed by atoms with van der Waals surface area (Å²) in [5, 5.41) is 6.74. The number of furan rings is 1. The molecule has 11 rings (SSSR count). The highest BCUT2D eigenvalue weighted by Crippen LogP contribution is 2.44. The molecule has 0 spiro atoms. The molecule has 0 unspecified atom stereocenters. The molecule has 0 bridgehead atoms. The minimum Gasteiger partial charge on any atom is -0.455 e. The van der Waals surface area contributed by atoms with Crippen molar-refractivity contribution in [3.05, 3.63) is 164 Å². The summed E-state index contributed by atoms with van der Waals surface area (Å²) < 4.78 is 10.1. The maximum Gasteiger partial charge on any atom is 0.161 e. The van der Waals surface area contributed by atoms with E-state index < -0.39 is 0 Å². The smallest absolute Gasteiger partial charge is 0.161 e. The molecule has 0 N–H and O–H groups in total. The number of aromatic nitrogens is 3. The van der Waals surface area contributed by atoms with Crippen molar-refractivity contribution in [3.8, 4) is 39.5 Å². The summed E-state index contributed by atoms with van der Waals surface area (Å²) in [6, 6.07) is 57.7. The molecule has 0 radical (unpaired) electrons. The van der Waals surface area contributed by atoms with Crippen LogP contribution in [-0.4, -0.2) is 14.5 Å². The van der Waals surface area contributed by atoms with Gasteiger partial charge >= 0.3 is 0 Å². The van der Waals surface area contributed by atoms with Crippen molar-refractivity contribution in [1.82, 2.24) is 14.5 Å². The number of rotatable bonds is 4. The molecule has 7 aromatic carbocycles. The van der Waals surface area contributed by atoms with Gasteiger partial charge in [0.1, 0.15) is 16.0 Å². The molecular formula is C46H27N3OS. The summed E-state index contributed by atoms with van der Waals surface area (Å²) in [5.41, 5.74) is 10.3. The van der Waals surface area contributed by atoms with Crippen LogP contribution in [0.2, 0.25) is 0 Å². The third-order valence-electron chi connectivity index (χ3n) is 10.0. The number of nitrogens with zero attached hydrogens (tertiary/aromatic N) is 3. The van der Waals surface area contributed by atoms with Crippen molar-refractivity contribution in [2.24, 2.45) is 0 Å². The van der Waals surface area contributed by atoms with E-state index in [1.165, 1.54) is 21.2 Å². The summed E-state index contributed by atoms with van der Waals surface area (Å²) in [5.74, 6) is 0.693. The summed E-state index contributed by atoms with van der Waals surface area (Å²) in [6.45, 7) is 0. The Hall–Kier alpha value is -6.56. The van der Waals surface area contributed by atoms with Gasteiger partial charge in [-0.3, -0.25) is 0 Å². The third-order valence-corrected chi connectivity index (χ3v) is 11.1. The normalized spacial score (nSPS) is 11.9. The van der Waals surface area contributed by atoms with E-state index >= 15 is 0 Å². The van der Waals surface area contributed by atoms with E-state index in [4.69, 9.17) is 14.4 Å². The van der Waals surface area contributed by atoms with Crippen LogP contribution in [0.15, 0.2) is 168 Å². The number of fused-ring (bicyclic) bond motifs is 9. The number of hydrogen-bond donors (Lipinski definition) is 0. The second-order valence-corrected chi connectivity index (χ2v) is 14.0. The lowest BCUT2D eigenvalue weighted by molar-refractivity contribution is 0.670. The van der Waals surface area contributed by atoms with Crippen molar-refractivity contribution in [1.29, 1.82) is 0 Å². The lowest BCUT2D eigenvalue weighted by Gasteiger charge is -2.09. The standard InChI is InChI=1S/C46H27N3OS/c1-3-12-28(13-4-1)29-22-24-38-36(26-29)37-27-30(23-25-39(37)49(38)31-14-5-2-6-15-31)45-47-43(42-34-17-8-10-21-41(34)51-46(42)48-45)35-19-11-18-33-32-16-7-9-20-40(32)50-44(33)35/h1-27H. The van der Waals surface area contributed by atoms with Crippen LogP contribution >= 0.6 is 11.3 Å². The second kappa shape index (κ2) is 11.0. The van der Waals surface area contributed by atoms with Crippen molar-refractivity contribution in [2.45, 2.75) is 0 Å². The van der Waals surface area contributed by atoms with Crippen LogP contribution in [0.4, 0.5) is 0 Å². The molecule has 0 atom stereocenters. The molecule has 0 saturated carbocycles. The van der Waals surface area contributed by atoms with Gasteiger partial charge in [0.2, 0.25) is 0 Å². The van der Waals surface area contributed by atoms with E-state index in [9.17, 15) is 0 Å². The van der Waals surface area contributed by atoms with Gasteiger partial charge in [0.25, 0.3) is 0 Å². The Morgan fingerprint density at radius 3 is 1.98 bits per heavy atom. The third kappa shape index (κ3) is 4.32. The molecule has 4 aromatic heterocycles. The summed E-state index contributed by atoms with van der Waals surface area (Å²) in [6.07, 6.45) is 0. The molecule has 5 heteroatoms. The van der Waals surface area contributed by atoms with E-state index in [0.29, 0.717) is 5.82 Å². The Kier molecular flexibility index (Phi) is 6.09. The van der Waals surface area contributed by atoms with Crippen LogP contribution in [0, 0.1) is 0 Å². The van der Waals surface area contributed by atoms with Gasteiger partial charge in [-0.25, -0.2) is 9.97 Å². The van der Waals surface area contributed by atoms with Crippen molar-refractivity contribution in [3.63, 3.8) is 0 Å². The van der Waals surface area contributed by atoms with Crippen molar-refractivity contribution in [2.75, 3.05) is 0 Å². The first-order valence-corrected chi connectivity index (χ1v) is 17.9. The highest BCUT2D eigenvalue weighted by atomic mass is 32.1. The van der Waals surface area contributed by atoms with Gasteiger partial charge in [0.15, 0.2) is 5.82 Å². The molecule has 0 aliphatic heterocycles. The van der Waals surface area contributed by atoms with E-state index in [2.05, 4.69) is 156 Å². The number of benzene rings is 7. The zero-order chi connectivity index (χ0) is 33.5. The second-order valence-electron chi connectivity index (χ2n) is 13.0. The van der Waals surface area contributed by atoms with Crippen molar-refractivity contribution < 1.29 is 4.42 Å². The minimum atomic E-state index is 0.693. The van der Waals surface area contributed by atoms with Gasteiger partial charge < -0.3 is 8.98 Å². The SMILES string of the molecule is c1ccc(-c2ccc3c(c2)c2cc(-c4nc(-c5cccc6c5oc5ccccc56)c5c(n4)sc4ccccc45)ccc2n3-c2ccccc2)cc1. The highest BCUT2D eigenvalue weighted by Gasteiger charge is 2.22. The minimum absolute atomic E-state index is 0.693. The molecule has 11 aromatic rings. The molecule has 0 aliphatic carbocycles. The topological polar surface area (TPSA) is 43.9 Å². The van der Waals surface area contributed by atoms with Gasteiger partial charge in [-0.15, -0.1) is 11.3 Å². The fourth-order valence-corrected chi connectivity index (χ4v) is 8.78. The highest BCUT2D eigenvalue weighted by molar-refractivity contribution is 7.25. The Morgan fingerprint density at radius 1 is 0.490 bits per heavy atom. The first-order chi connectivity index (χ1) is 25.3. The predicted molar refractivity (Wildman–Crippen MR) is 213 cm³/mol. The maximum atomic E-state index is 6.56. The van der Waals surface area contributed by atoms with Gasteiger partial charge in [-0.05, 0) is 71.8 Å². The quantitative estimate of drug-likeness (QED) is 0.187. The Labute approximate surface area is 296 Å². The van der Waals surface area contributed by atoms with E-state index in [1.54, 1.807) is 11.3 Å². The summed E-state index contributed by atoms with van der Waals surface area (Å²) in [7, 11) is 0. The monoisotopic (exact) mass is 669 g/mol. The van der Waals surface area contributed by atoms with Crippen LogP contribution in [-0.2, 0) is 0 Å². The molecule has 0 amide bonds. The number of para-hydroxylation sites is 3. The first-order valence-electron chi connectivity index (χ1n) is 17.1. The first kappa shape index (κ1) is 28.3. The molecule has 51 heavy (non-hydrogen) atoms. The van der Waals surface area contributed by atoms with Crippen molar-refractivity contribution >= 4 is 75.4 Å². The molecule has 0 fully saturated rings. The molecule has 0 aliphatic rings. The average molecular weight is 670 g/mol. The molecule has 4 heterocycles. The van der Waals surface area contributed by atoms with Crippen LogP contribution in [0.25, 0.3) is 104 Å². The zero-order valence-corrected chi connectivity index (χ0v) is 28.1. The van der Waals surface area contributed by atoms with Crippen LogP contribution in [0.5, 0.6) is 0 Å². The lowest BCUT2D eigenvalue weighted by atomic mass is 10.0. The summed E-state index contributed by atoms with van der Waals surface area (Å²) >= 11 is 1.71. The average Bonchev–Trinajstić information content (AvgIpc) is 3.87. The van der Waals surface area contributed by atoms with Gasteiger partial charge in [-0.1, -0.05) is 103 Å². The van der Waals surface area contributed by atoms with Crippen LogP contribution in [0.3, 0.4) is 0 Å². The largest absolute Gasteiger partial charge is 0.455 e. The van der Waals surface area contributed by atoms with Gasteiger partial charge in [-0.2, -0.15) is 0 Å². The fraction of sp³-hybridized carbons (Fsp3) is 0. The fourth-order valence-electron chi connectivity index (χ4n) is 7.71. The molecule has 0 saturated heterocycles. The van der Waals surface area contributed by atoms with E-state index in [1.807, 2.05) is 12.1 Å². The van der Waals surface area contributed by atoms with E-state index in [0.717, 1.165) is 76.5 Å². The Morgan fingerprint density at radius 2 is 1.16 bits per heavy atom. The Balaban J connectivity index is 1.19. The van der Waals surface area contributed by atoms with Crippen LogP contribution < -0.4 is 0 Å². The summed E-state index contributed by atoms with van der Waals surface area (Å²) in [4.78, 5) is 11.7. The Bertz CT molecular complexity index is 3140. The van der Waals surface area contributed by atoms with Gasteiger partial charge in [0.05, 0.1) is 16.7 Å². The van der Waals surface area contributed by atoms with Crippen LogP contribution in [0.1, 0.15) is 0 Å². The van der Waals surface area contributed by atoms with E-state index in [-0.39, 0.29) is 0 Å². The number of hydrogen-bond acceptors (Lipinski definition) is 4. The number of thiophene rings is 1. The molecule has 238 valence electrons. The van der Waals surface area contributed by atoms with Gasteiger partial charge in [0, 0.05) is 53.8 Å². The maximum absolute atomic E-state index is 6.56. The zero-order valence-electron chi connectivity index (χ0n) is 27.2. The lowest BCUT2D eigenvalue weighted by Crippen LogP contribution is -1.95.